The van der Waals surface area contributed by atoms with Crippen LogP contribution in [0, 0.1) is 11.7 Å². The van der Waals surface area contributed by atoms with Gasteiger partial charge in [0.25, 0.3) is 11.8 Å². The summed E-state index contributed by atoms with van der Waals surface area (Å²) in [6.45, 7) is 5.64. The summed E-state index contributed by atoms with van der Waals surface area (Å²) in [5.74, 6) is -1.36. The number of amides is 2. The maximum atomic E-state index is 14.3. The summed E-state index contributed by atoms with van der Waals surface area (Å²) in [5.41, 5.74) is 0.996. The molecule has 13 heteroatoms. The van der Waals surface area contributed by atoms with Gasteiger partial charge in [0.1, 0.15) is 11.6 Å². The molecule has 0 saturated carbocycles. The molecule has 0 bridgehead atoms. The first-order valence-electron chi connectivity index (χ1n) is 15.7. The number of aliphatic hydroxyl groups excluding tert-OH is 1. The third-order valence-electron chi connectivity index (χ3n) is 8.21. The highest BCUT2D eigenvalue weighted by Gasteiger charge is 2.32. The summed E-state index contributed by atoms with van der Waals surface area (Å²) in [6.07, 6.45) is 4.31. The second kappa shape index (κ2) is 16.3. The first kappa shape index (κ1) is 35.9. The van der Waals surface area contributed by atoms with E-state index < -0.39 is 33.9 Å². The van der Waals surface area contributed by atoms with Gasteiger partial charge in [-0.25, -0.2) is 12.8 Å². The number of benzene rings is 2. The predicted molar refractivity (Wildman–Crippen MR) is 175 cm³/mol. The molecule has 0 fully saturated rings. The fraction of sp³-hybridized carbons (Fsp3) is 0.441. The molecule has 11 nitrogen and oxygen atoms in total. The van der Waals surface area contributed by atoms with Crippen molar-refractivity contribution in [3.63, 3.8) is 0 Å². The molecule has 2 heterocycles. The van der Waals surface area contributed by atoms with Gasteiger partial charge < -0.3 is 24.8 Å². The lowest BCUT2D eigenvalue weighted by Gasteiger charge is -2.35. The van der Waals surface area contributed by atoms with Crippen LogP contribution >= 0.6 is 0 Å². The highest BCUT2D eigenvalue weighted by Crippen LogP contribution is 2.29. The first-order valence-corrected chi connectivity index (χ1v) is 17.1. The fourth-order valence-corrected chi connectivity index (χ4v) is 6.49. The van der Waals surface area contributed by atoms with Gasteiger partial charge in [0.05, 0.1) is 35.3 Å². The molecule has 4 rings (SSSR count). The zero-order valence-corrected chi connectivity index (χ0v) is 28.0. The third-order valence-corrected chi connectivity index (χ3v) is 10.0. The molecule has 2 aromatic carbocycles. The SMILES string of the molecule is C[C@@H]1CCCCO[C@H](CN(C)S(=O)(=O)c2ccc(F)cc2)[C@H](C)CN([C@@H](C)CO)C(=O)c2cc(NC(=O)c3ccncc3)ccc2O1. The first-order chi connectivity index (χ1) is 22.4. The second-order valence-electron chi connectivity index (χ2n) is 11.9. The number of aliphatic hydroxyl groups is 1. The van der Waals surface area contributed by atoms with Crippen molar-refractivity contribution in [2.45, 2.75) is 63.2 Å². The van der Waals surface area contributed by atoms with Crippen molar-refractivity contribution < 1.29 is 37.0 Å². The van der Waals surface area contributed by atoms with E-state index in [1.807, 2.05) is 13.8 Å². The number of halogens is 1. The van der Waals surface area contributed by atoms with E-state index in [0.717, 1.165) is 18.6 Å². The Morgan fingerprint density at radius 2 is 1.83 bits per heavy atom. The number of nitrogens with zero attached hydrogens (tertiary/aromatic N) is 3. The number of anilines is 1. The quantitative estimate of drug-likeness (QED) is 0.355. The van der Waals surface area contributed by atoms with Gasteiger partial charge in [0, 0.05) is 56.3 Å². The Kier molecular flexibility index (Phi) is 12.4. The second-order valence-corrected chi connectivity index (χ2v) is 14.0. The van der Waals surface area contributed by atoms with Crippen molar-refractivity contribution in [3.8, 4) is 5.75 Å². The van der Waals surface area contributed by atoms with E-state index in [1.54, 1.807) is 37.3 Å². The zero-order chi connectivity index (χ0) is 34.1. The van der Waals surface area contributed by atoms with Crippen molar-refractivity contribution in [2.75, 3.05) is 38.7 Å². The summed E-state index contributed by atoms with van der Waals surface area (Å²) in [7, 11) is -2.51. The van der Waals surface area contributed by atoms with E-state index in [0.29, 0.717) is 36.4 Å². The standard InChI is InChI=1S/C34H43FN4O7S/c1-23-20-39(24(2)22-40)34(42)30-19-28(37-33(41)26-14-16-36-17-15-26)10-13-31(30)46-25(3)7-5-6-18-45-32(23)21-38(4)47(43,44)29-11-8-27(35)9-12-29/h8-17,19,23-25,32,40H,5-7,18,20-22H2,1-4H3,(H,37,41)/t23-,24+,25-,32-/m1/s1. The van der Waals surface area contributed by atoms with Crippen LogP contribution < -0.4 is 10.1 Å². The van der Waals surface area contributed by atoms with E-state index in [1.165, 1.54) is 40.8 Å². The van der Waals surface area contributed by atoms with Crippen LogP contribution in [0.2, 0.25) is 0 Å². The van der Waals surface area contributed by atoms with Gasteiger partial charge in [0.15, 0.2) is 0 Å². The Morgan fingerprint density at radius 3 is 2.51 bits per heavy atom. The minimum atomic E-state index is -3.96. The van der Waals surface area contributed by atoms with Crippen molar-refractivity contribution in [2.24, 2.45) is 5.92 Å². The van der Waals surface area contributed by atoms with Crippen molar-refractivity contribution in [1.82, 2.24) is 14.2 Å². The highest BCUT2D eigenvalue weighted by molar-refractivity contribution is 7.89. The van der Waals surface area contributed by atoms with Crippen LogP contribution in [-0.2, 0) is 14.8 Å². The molecule has 0 spiro atoms. The molecule has 4 atom stereocenters. The van der Waals surface area contributed by atoms with Crippen molar-refractivity contribution in [1.29, 1.82) is 0 Å². The molecule has 2 amide bonds. The lowest BCUT2D eigenvalue weighted by atomic mass is 10.0. The molecule has 254 valence electrons. The molecule has 47 heavy (non-hydrogen) atoms. The van der Waals surface area contributed by atoms with E-state index in [4.69, 9.17) is 9.47 Å². The Labute approximate surface area is 275 Å². The average molecular weight is 671 g/mol. The number of hydrogen-bond acceptors (Lipinski definition) is 8. The predicted octanol–water partition coefficient (Wildman–Crippen LogP) is 4.59. The van der Waals surface area contributed by atoms with Crippen LogP contribution in [0.3, 0.4) is 0 Å². The molecule has 0 aliphatic carbocycles. The Bertz CT molecular complexity index is 1610. The van der Waals surface area contributed by atoms with Crippen molar-refractivity contribution in [3.05, 3.63) is 83.9 Å². The van der Waals surface area contributed by atoms with Crippen LogP contribution in [0.25, 0.3) is 0 Å². The fourth-order valence-electron chi connectivity index (χ4n) is 5.31. The smallest absolute Gasteiger partial charge is 0.258 e. The number of hydrogen-bond donors (Lipinski definition) is 2. The number of rotatable bonds is 8. The number of likely N-dealkylation sites (N-methyl/N-ethyl adjacent to an activating group) is 1. The summed E-state index contributed by atoms with van der Waals surface area (Å²) in [5, 5.41) is 13.0. The Morgan fingerprint density at radius 1 is 1.13 bits per heavy atom. The van der Waals surface area contributed by atoms with E-state index in [9.17, 15) is 27.5 Å². The molecular formula is C34H43FN4O7S. The lowest BCUT2D eigenvalue weighted by Crippen LogP contribution is -2.48. The van der Waals surface area contributed by atoms with Gasteiger partial charge >= 0.3 is 0 Å². The third kappa shape index (κ3) is 9.34. The summed E-state index contributed by atoms with van der Waals surface area (Å²) in [4.78, 5) is 32.6. The number of ether oxygens (including phenoxy) is 2. The number of carbonyl (C=O) groups is 2. The van der Waals surface area contributed by atoms with E-state index >= 15 is 0 Å². The lowest BCUT2D eigenvalue weighted by molar-refractivity contribution is -0.00834. The van der Waals surface area contributed by atoms with Crippen LogP contribution in [0.4, 0.5) is 10.1 Å². The normalized spacial score (nSPS) is 20.5. The van der Waals surface area contributed by atoms with Crippen LogP contribution in [0.1, 0.15) is 60.7 Å². The summed E-state index contributed by atoms with van der Waals surface area (Å²) >= 11 is 0. The van der Waals surface area contributed by atoms with E-state index in [-0.39, 0.29) is 48.1 Å². The molecule has 1 aliphatic rings. The number of fused-ring (bicyclic) bond motifs is 1. The molecule has 3 aromatic rings. The van der Waals surface area contributed by atoms with Gasteiger partial charge in [-0.15, -0.1) is 0 Å². The van der Waals surface area contributed by atoms with Crippen LogP contribution in [-0.4, -0.2) is 91.1 Å². The molecule has 0 unspecified atom stereocenters. The topological polar surface area (TPSA) is 138 Å². The summed E-state index contributed by atoms with van der Waals surface area (Å²) in [6, 6.07) is 12.1. The maximum absolute atomic E-state index is 14.3. The maximum Gasteiger partial charge on any atom is 0.258 e. The number of nitrogens with one attached hydrogen (secondary N) is 1. The van der Waals surface area contributed by atoms with Gasteiger partial charge in [-0.1, -0.05) is 6.92 Å². The summed E-state index contributed by atoms with van der Waals surface area (Å²) < 4.78 is 53.8. The Hall–Kier alpha value is -3.91. The van der Waals surface area contributed by atoms with Gasteiger partial charge in [-0.3, -0.25) is 14.6 Å². The Balaban J connectivity index is 1.65. The highest BCUT2D eigenvalue weighted by atomic mass is 32.2. The average Bonchev–Trinajstić information content (AvgIpc) is 3.06. The minimum Gasteiger partial charge on any atom is -0.490 e. The molecule has 1 aromatic heterocycles. The number of sulfonamides is 1. The number of carbonyl (C=O) groups excluding carboxylic acids is 2. The largest absolute Gasteiger partial charge is 0.490 e. The van der Waals surface area contributed by atoms with Crippen molar-refractivity contribution >= 4 is 27.5 Å². The van der Waals surface area contributed by atoms with Gasteiger partial charge in [-0.2, -0.15) is 4.31 Å². The molecule has 0 radical (unpaired) electrons. The van der Waals surface area contributed by atoms with E-state index in [2.05, 4.69) is 10.3 Å². The van der Waals surface area contributed by atoms with Gasteiger partial charge in [0.2, 0.25) is 10.0 Å². The number of aromatic nitrogens is 1. The minimum absolute atomic E-state index is 0.0162. The molecule has 1 aliphatic heterocycles. The monoisotopic (exact) mass is 670 g/mol. The van der Waals surface area contributed by atoms with Gasteiger partial charge in [-0.05, 0) is 87.7 Å². The van der Waals surface area contributed by atoms with Crippen LogP contribution in [0.5, 0.6) is 5.75 Å². The molecule has 2 N–H and O–H groups in total. The molecular weight excluding hydrogens is 627 g/mol. The molecule has 0 saturated heterocycles. The van der Waals surface area contributed by atoms with Crippen LogP contribution in [0.15, 0.2) is 71.9 Å². The number of pyridine rings is 1. The zero-order valence-electron chi connectivity index (χ0n) is 27.1.